The van der Waals surface area contributed by atoms with Crippen molar-refractivity contribution >= 4 is 22.2 Å². The smallest absolute Gasteiger partial charge is 0.210 e. The molecule has 7 heteroatoms. The van der Waals surface area contributed by atoms with Gasteiger partial charge in [0.05, 0.1) is 0 Å². The van der Waals surface area contributed by atoms with Gasteiger partial charge in [0.2, 0.25) is 5.13 Å². The molecule has 3 N–H and O–H groups in total. The SMILES string of the molecule is NCc1nnc(Nc2ccc3c(c2)OCCO3)s1. The molecule has 0 saturated carbocycles. The Morgan fingerprint density at radius 2 is 2.06 bits per heavy atom. The molecule has 2 aromatic rings. The second-order valence-corrected chi connectivity index (χ2v) is 4.75. The highest BCUT2D eigenvalue weighted by molar-refractivity contribution is 7.15. The Labute approximate surface area is 108 Å². The quantitative estimate of drug-likeness (QED) is 0.874. The zero-order chi connectivity index (χ0) is 12.4. The standard InChI is InChI=1S/C11H12N4O2S/c12-6-10-14-15-11(18-10)13-7-1-2-8-9(5-7)17-4-3-16-8/h1-2,5H,3-4,6,12H2,(H,13,15). The van der Waals surface area contributed by atoms with Crippen LogP contribution in [0.5, 0.6) is 11.5 Å². The summed E-state index contributed by atoms with van der Waals surface area (Å²) in [7, 11) is 0. The minimum atomic E-state index is 0.403. The predicted octanol–water partition coefficient (Wildman–Crippen LogP) is 1.51. The lowest BCUT2D eigenvalue weighted by molar-refractivity contribution is 0.171. The molecular formula is C11H12N4O2S. The van der Waals surface area contributed by atoms with Crippen LogP contribution >= 0.6 is 11.3 Å². The maximum atomic E-state index is 5.51. The van der Waals surface area contributed by atoms with E-state index in [2.05, 4.69) is 15.5 Å². The van der Waals surface area contributed by atoms with Crippen molar-refractivity contribution in [1.82, 2.24) is 10.2 Å². The van der Waals surface area contributed by atoms with E-state index >= 15 is 0 Å². The molecular weight excluding hydrogens is 252 g/mol. The number of anilines is 2. The maximum Gasteiger partial charge on any atom is 0.210 e. The Kier molecular flexibility index (Phi) is 2.99. The number of aromatic nitrogens is 2. The second kappa shape index (κ2) is 4.79. The van der Waals surface area contributed by atoms with Crippen LogP contribution in [0.1, 0.15) is 5.01 Å². The second-order valence-electron chi connectivity index (χ2n) is 3.69. The van der Waals surface area contributed by atoms with Crippen molar-refractivity contribution in [3.8, 4) is 11.5 Å². The Morgan fingerprint density at radius 3 is 2.83 bits per heavy atom. The lowest BCUT2D eigenvalue weighted by Gasteiger charge is -2.18. The summed E-state index contributed by atoms with van der Waals surface area (Å²) in [4.78, 5) is 0. The summed E-state index contributed by atoms with van der Waals surface area (Å²) in [5.41, 5.74) is 6.38. The number of hydrogen-bond donors (Lipinski definition) is 2. The van der Waals surface area contributed by atoms with E-state index in [9.17, 15) is 0 Å². The first kappa shape index (κ1) is 11.2. The highest BCUT2D eigenvalue weighted by Gasteiger charge is 2.12. The van der Waals surface area contributed by atoms with E-state index < -0.39 is 0 Å². The molecule has 0 saturated heterocycles. The molecule has 0 amide bonds. The van der Waals surface area contributed by atoms with Gasteiger partial charge < -0.3 is 20.5 Å². The van der Waals surface area contributed by atoms with Gasteiger partial charge in [-0.2, -0.15) is 0 Å². The zero-order valence-electron chi connectivity index (χ0n) is 9.55. The number of hydrogen-bond acceptors (Lipinski definition) is 7. The molecule has 0 bridgehead atoms. The third kappa shape index (κ3) is 2.22. The fourth-order valence-electron chi connectivity index (χ4n) is 1.63. The molecule has 0 aliphatic carbocycles. The Morgan fingerprint density at radius 1 is 1.22 bits per heavy atom. The lowest BCUT2D eigenvalue weighted by atomic mass is 10.2. The van der Waals surface area contributed by atoms with E-state index in [4.69, 9.17) is 15.2 Å². The third-order valence-corrected chi connectivity index (χ3v) is 3.30. The van der Waals surface area contributed by atoms with Gasteiger partial charge in [0, 0.05) is 18.3 Å². The summed E-state index contributed by atoms with van der Waals surface area (Å²) in [6.07, 6.45) is 0. The molecule has 0 spiro atoms. The van der Waals surface area contributed by atoms with Gasteiger partial charge in [-0.1, -0.05) is 11.3 Å². The first-order valence-corrected chi connectivity index (χ1v) is 6.36. The monoisotopic (exact) mass is 264 g/mol. The molecule has 18 heavy (non-hydrogen) atoms. The van der Waals surface area contributed by atoms with Crippen LogP contribution in [0.25, 0.3) is 0 Å². The van der Waals surface area contributed by atoms with Crippen LogP contribution in [0.15, 0.2) is 18.2 Å². The molecule has 1 aliphatic rings. The van der Waals surface area contributed by atoms with Crippen molar-refractivity contribution in [3.05, 3.63) is 23.2 Å². The van der Waals surface area contributed by atoms with Crippen LogP contribution in [0.4, 0.5) is 10.8 Å². The summed E-state index contributed by atoms with van der Waals surface area (Å²) in [6.45, 7) is 1.57. The number of nitrogens with two attached hydrogens (primary N) is 1. The predicted molar refractivity (Wildman–Crippen MR) is 68.5 cm³/mol. The molecule has 94 valence electrons. The topological polar surface area (TPSA) is 82.3 Å². The number of ether oxygens (including phenoxy) is 2. The van der Waals surface area contributed by atoms with E-state index in [1.807, 2.05) is 18.2 Å². The van der Waals surface area contributed by atoms with E-state index in [0.717, 1.165) is 22.2 Å². The summed E-state index contributed by atoms with van der Waals surface area (Å²) in [5.74, 6) is 1.52. The minimum absolute atomic E-state index is 0.403. The van der Waals surface area contributed by atoms with Gasteiger partial charge in [-0.15, -0.1) is 10.2 Å². The zero-order valence-corrected chi connectivity index (χ0v) is 10.4. The summed E-state index contributed by atoms with van der Waals surface area (Å²) in [5, 5.41) is 12.6. The van der Waals surface area contributed by atoms with Crippen molar-refractivity contribution in [3.63, 3.8) is 0 Å². The summed E-state index contributed by atoms with van der Waals surface area (Å²) in [6, 6.07) is 5.68. The number of benzene rings is 1. The van der Waals surface area contributed by atoms with Crippen LogP contribution in [0.2, 0.25) is 0 Å². The van der Waals surface area contributed by atoms with Crippen molar-refractivity contribution < 1.29 is 9.47 Å². The normalized spacial score (nSPS) is 13.4. The van der Waals surface area contributed by atoms with Gasteiger partial charge in [0.1, 0.15) is 18.2 Å². The fraction of sp³-hybridized carbons (Fsp3) is 0.273. The minimum Gasteiger partial charge on any atom is -0.486 e. The lowest BCUT2D eigenvalue weighted by Crippen LogP contribution is -2.15. The molecule has 0 atom stereocenters. The molecule has 1 aromatic carbocycles. The number of nitrogens with one attached hydrogen (secondary N) is 1. The van der Waals surface area contributed by atoms with Crippen LogP contribution < -0.4 is 20.5 Å². The van der Waals surface area contributed by atoms with Crippen LogP contribution in [0.3, 0.4) is 0 Å². The van der Waals surface area contributed by atoms with Crippen molar-refractivity contribution in [2.75, 3.05) is 18.5 Å². The van der Waals surface area contributed by atoms with Crippen LogP contribution in [-0.2, 0) is 6.54 Å². The largest absolute Gasteiger partial charge is 0.486 e. The van der Waals surface area contributed by atoms with Gasteiger partial charge in [-0.3, -0.25) is 0 Å². The molecule has 2 heterocycles. The van der Waals surface area contributed by atoms with Crippen LogP contribution in [-0.4, -0.2) is 23.4 Å². The molecule has 0 radical (unpaired) electrons. The molecule has 6 nitrogen and oxygen atoms in total. The highest BCUT2D eigenvalue weighted by atomic mass is 32.1. The summed E-state index contributed by atoms with van der Waals surface area (Å²) >= 11 is 1.43. The average Bonchev–Trinajstić information content (AvgIpc) is 2.86. The van der Waals surface area contributed by atoms with Gasteiger partial charge in [0.25, 0.3) is 0 Å². The average molecular weight is 264 g/mol. The van der Waals surface area contributed by atoms with E-state index in [-0.39, 0.29) is 0 Å². The van der Waals surface area contributed by atoms with Crippen molar-refractivity contribution in [2.24, 2.45) is 5.73 Å². The van der Waals surface area contributed by atoms with Crippen LogP contribution in [0, 0.1) is 0 Å². The Balaban J connectivity index is 1.80. The maximum absolute atomic E-state index is 5.51. The number of nitrogens with zero attached hydrogens (tertiary/aromatic N) is 2. The molecule has 3 rings (SSSR count). The van der Waals surface area contributed by atoms with Crippen molar-refractivity contribution in [1.29, 1.82) is 0 Å². The van der Waals surface area contributed by atoms with E-state index in [1.54, 1.807) is 0 Å². The van der Waals surface area contributed by atoms with Crippen molar-refractivity contribution in [2.45, 2.75) is 6.54 Å². The Bertz CT molecular complexity index is 558. The Hall–Kier alpha value is -1.86. The summed E-state index contributed by atoms with van der Waals surface area (Å²) < 4.78 is 11.0. The first-order valence-electron chi connectivity index (χ1n) is 5.54. The first-order chi connectivity index (χ1) is 8.85. The van der Waals surface area contributed by atoms with Gasteiger partial charge >= 0.3 is 0 Å². The third-order valence-electron chi connectivity index (χ3n) is 2.43. The molecule has 0 fully saturated rings. The van der Waals surface area contributed by atoms with E-state index in [1.165, 1.54) is 11.3 Å². The fourth-order valence-corrected chi connectivity index (χ4v) is 2.27. The highest BCUT2D eigenvalue weighted by Crippen LogP contribution is 2.33. The number of fused-ring (bicyclic) bond motifs is 1. The number of rotatable bonds is 3. The molecule has 1 aliphatic heterocycles. The van der Waals surface area contributed by atoms with Gasteiger partial charge in [-0.25, -0.2) is 0 Å². The van der Waals surface area contributed by atoms with Gasteiger partial charge in [0.15, 0.2) is 11.5 Å². The van der Waals surface area contributed by atoms with E-state index in [0.29, 0.717) is 24.9 Å². The molecule has 0 unspecified atom stereocenters. The van der Waals surface area contributed by atoms with Gasteiger partial charge in [-0.05, 0) is 12.1 Å². The molecule has 1 aromatic heterocycles.